The van der Waals surface area contributed by atoms with Crippen molar-refractivity contribution < 1.29 is 53.7 Å². The second-order valence-corrected chi connectivity index (χ2v) is 7.42. The van der Waals surface area contributed by atoms with Crippen LogP contribution in [0.3, 0.4) is 0 Å². The van der Waals surface area contributed by atoms with Gasteiger partial charge >= 0.3 is 29.6 Å². The molecule has 2 rings (SSSR count). The van der Waals surface area contributed by atoms with E-state index < -0.39 is 12.1 Å². The second kappa shape index (κ2) is 12.3. The number of aliphatic carboxylic acids is 1. The fourth-order valence-corrected chi connectivity index (χ4v) is 3.21. The van der Waals surface area contributed by atoms with Crippen molar-refractivity contribution in [1.82, 2.24) is 5.32 Å². The number of carbonyl (C=O) groups excluding carboxylic acids is 2. The maximum absolute atomic E-state index is 12.5. The van der Waals surface area contributed by atoms with Gasteiger partial charge in [-0.3, -0.25) is 4.79 Å². The monoisotopic (exact) mass is 441 g/mol. The molecule has 0 radical (unpaired) electrons. The van der Waals surface area contributed by atoms with Crippen LogP contribution >= 0.6 is 11.6 Å². The Balaban J connectivity index is 0.00000450. The molecule has 0 aliphatic carbocycles. The summed E-state index contributed by atoms with van der Waals surface area (Å²) in [5.74, 6) is -0.901. The molecule has 2 aromatic carbocycles. The third-order valence-corrected chi connectivity index (χ3v) is 4.57. The first kappa shape index (κ1) is 26.5. The number of amides is 1. The van der Waals surface area contributed by atoms with E-state index in [4.69, 9.17) is 21.1 Å². The van der Waals surface area contributed by atoms with Gasteiger partial charge in [0.25, 0.3) is 5.91 Å². The normalized spacial score (nSPS) is 11.5. The summed E-state index contributed by atoms with van der Waals surface area (Å²) < 4.78 is 10.8. The van der Waals surface area contributed by atoms with Gasteiger partial charge in [0.15, 0.2) is 0 Å². The molecule has 1 atom stereocenters. The minimum absolute atomic E-state index is 0. The van der Waals surface area contributed by atoms with E-state index in [2.05, 4.69) is 5.32 Å². The first-order valence-corrected chi connectivity index (χ1v) is 9.65. The third-order valence-electron chi connectivity index (χ3n) is 4.34. The fourth-order valence-electron chi connectivity index (χ4n) is 2.98. The molecule has 6 nitrogen and oxygen atoms in total. The van der Waals surface area contributed by atoms with Gasteiger partial charge in [-0.1, -0.05) is 23.7 Å². The molecule has 1 N–H and O–H groups in total. The maximum Gasteiger partial charge on any atom is 1.00 e. The second-order valence-electron chi connectivity index (χ2n) is 6.98. The average Bonchev–Trinajstić information content (AvgIpc) is 2.65. The van der Waals surface area contributed by atoms with Gasteiger partial charge in [-0.15, -0.1) is 0 Å². The number of hydrogen-bond donors (Lipinski definition) is 1. The number of benzene rings is 2. The molecule has 0 bridgehead atoms. The molecular weight excluding hydrogens is 417 g/mol. The van der Waals surface area contributed by atoms with Crippen LogP contribution in [0.2, 0.25) is 5.02 Å². The Morgan fingerprint density at radius 1 is 1.17 bits per heavy atom. The van der Waals surface area contributed by atoms with E-state index in [1.54, 1.807) is 50.2 Å². The zero-order chi connectivity index (χ0) is 21.6. The molecule has 8 heteroatoms. The molecular formula is C22H25ClNNaO5. The Labute approximate surface area is 204 Å². The number of carbonyl (C=O) groups is 2. The summed E-state index contributed by atoms with van der Waals surface area (Å²) in [5.41, 5.74) is 2.78. The van der Waals surface area contributed by atoms with E-state index in [1.165, 1.54) is 7.11 Å². The number of aryl methyl sites for hydroxylation is 1. The quantitative estimate of drug-likeness (QED) is 0.539. The zero-order valence-corrected chi connectivity index (χ0v) is 20.7. The number of ether oxygens (including phenoxy) is 2. The van der Waals surface area contributed by atoms with E-state index in [1.807, 2.05) is 6.92 Å². The van der Waals surface area contributed by atoms with E-state index in [-0.39, 0.29) is 54.5 Å². The third kappa shape index (κ3) is 7.60. The van der Waals surface area contributed by atoms with Gasteiger partial charge in [-0.2, -0.15) is 0 Å². The van der Waals surface area contributed by atoms with Crippen molar-refractivity contribution in [1.29, 1.82) is 0 Å². The smallest absolute Gasteiger partial charge is 0.547 e. The number of hydrogen-bond acceptors (Lipinski definition) is 5. The number of carboxylic acids is 1. The van der Waals surface area contributed by atoms with Gasteiger partial charge in [0.1, 0.15) is 11.9 Å². The summed E-state index contributed by atoms with van der Waals surface area (Å²) in [6.45, 7) is 5.57. The van der Waals surface area contributed by atoms with Gasteiger partial charge < -0.3 is 24.7 Å². The summed E-state index contributed by atoms with van der Waals surface area (Å²) in [6.07, 6.45) is -1.14. The molecule has 30 heavy (non-hydrogen) atoms. The topological polar surface area (TPSA) is 87.7 Å². The maximum atomic E-state index is 12.5. The number of carboxylic acid groups (broad SMARTS) is 1. The van der Waals surface area contributed by atoms with Crippen LogP contribution < -0.4 is 44.7 Å². The van der Waals surface area contributed by atoms with Crippen molar-refractivity contribution in [3.63, 3.8) is 0 Å². The standard InChI is InChI=1S/C22H26ClNO5.Na/c1-13(2)29-20(22(26)27)11-15-5-8-19(28-4)16(10-15)12-24-21(25)18-7-6-17(23)9-14(18)3;/h5-10,13,20H,11-12H2,1-4H3,(H,24,25)(H,26,27);/q;+1/p-1. The van der Waals surface area contributed by atoms with Gasteiger partial charge in [-0.25, -0.2) is 0 Å². The average molecular weight is 442 g/mol. The molecule has 0 aliphatic heterocycles. The van der Waals surface area contributed by atoms with Crippen LogP contribution in [0, 0.1) is 6.92 Å². The van der Waals surface area contributed by atoms with Crippen molar-refractivity contribution >= 4 is 23.5 Å². The van der Waals surface area contributed by atoms with Crippen molar-refractivity contribution in [2.75, 3.05) is 7.11 Å². The number of nitrogens with one attached hydrogen (secondary N) is 1. The first-order chi connectivity index (χ1) is 13.7. The SMILES string of the molecule is COc1ccc(CC(OC(C)C)C(=O)[O-])cc1CNC(=O)c1ccc(Cl)cc1C.[Na+]. The van der Waals surface area contributed by atoms with Crippen LogP contribution in [-0.2, 0) is 22.5 Å². The van der Waals surface area contributed by atoms with Crippen molar-refractivity contribution in [2.24, 2.45) is 0 Å². The van der Waals surface area contributed by atoms with E-state index in [0.717, 1.165) is 16.7 Å². The summed E-state index contributed by atoms with van der Waals surface area (Å²) >= 11 is 5.94. The largest absolute Gasteiger partial charge is 1.00 e. The first-order valence-electron chi connectivity index (χ1n) is 9.27. The number of methoxy groups -OCH3 is 1. The predicted octanol–water partition coefficient (Wildman–Crippen LogP) is -0.323. The minimum atomic E-state index is -1.26. The molecule has 0 heterocycles. The molecule has 156 valence electrons. The zero-order valence-electron chi connectivity index (χ0n) is 18.0. The molecule has 0 aromatic heterocycles. The fraction of sp³-hybridized carbons (Fsp3) is 0.364. The summed E-state index contributed by atoms with van der Waals surface area (Å²) in [6, 6.07) is 10.4. The number of halogens is 1. The molecule has 0 saturated carbocycles. The van der Waals surface area contributed by atoms with E-state index in [9.17, 15) is 14.7 Å². The summed E-state index contributed by atoms with van der Waals surface area (Å²) in [7, 11) is 1.54. The Hall–Kier alpha value is -1.57. The van der Waals surface area contributed by atoms with Gasteiger partial charge in [0.2, 0.25) is 0 Å². The van der Waals surface area contributed by atoms with E-state index >= 15 is 0 Å². The van der Waals surface area contributed by atoms with Crippen molar-refractivity contribution in [3.05, 3.63) is 63.7 Å². The Bertz CT molecular complexity index is 888. The Morgan fingerprint density at radius 2 is 1.87 bits per heavy atom. The Kier molecular flexibility index (Phi) is 10.9. The van der Waals surface area contributed by atoms with Crippen molar-refractivity contribution in [2.45, 2.75) is 45.9 Å². The molecule has 0 spiro atoms. The van der Waals surface area contributed by atoms with Crippen LogP contribution in [0.1, 0.15) is 40.9 Å². The van der Waals surface area contributed by atoms with E-state index in [0.29, 0.717) is 16.3 Å². The Morgan fingerprint density at radius 3 is 2.43 bits per heavy atom. The summed E-state index contributed by atoms with van der Waals surface area (Å²) in [4.78, 5) is 23.9. The van der Waals surface area contributed by atoms with Crippen LogP contribution in [0.25, 0.3) is 0 Å². The number of rotatable bonds is 9. The molecule has 0 aliphatic rings. The summed E-state index contributed by atoms with van der Waals surface area (Å²) in [5, 5.41) is 14.8. The van der Waals surface area contributed by atoms with Crippen LogP contribution in [0.5, 0.6) is 5.75 Å². The molecule has 1 amide bonds. The molecule has 2 aromatic rings. The van der Waals surface area contributed by atoms with Crippen LogP contribution in [-0.4, -0.2) is 31.2 Å². The minimum Gasteiger partial charge on any atom is -0.547 e. The molecule has 0 fully saturated rings. The van der Waals surface area contributed by atoms with Gasteiger partial charge in [0.05, 0.1) is 19.2 Å². The van der Waals surface area contributed by atoms with Crippen LogP contribution in [0.4, 0.5) is 0 Å². The van der Waals surface area contributed by atoms with Crippen LogP contribution in [0.15, 0.2) is 36.4 Å². The van der Waals surface area contributed by atoms with Gasteiger partial charge in [0, 0.05) is 29.1 Å². The predicted molar refractivity (Wildman–Crippen MR) is 109 cm³/mol. The van der Waals surface area contributed by atoms with Gasteiger partial charge in [-0.05, 0) is 56.2 Å². The van der Waals surface area contributed by atoms with Crippen molar-refractivity contribution in [3.8, 4) is 5.75 Å². The molecule has 1 unspecified atom stereocenters. The molecule has 0 saturated heterocycles.